The van der Waals surface area contributed by atoms with E-state index < -0.39 is 0 Å². The van der Waals surface area contributed by atoms with E-state index in [4.69, 9.17) is 11.6 Å². The van der Waals surface area contributed by atoms with Crippen LogP contribution in [0, 0.1) is 18.3 Å². The van der Waals surface area contributed by atoms with Gasteiger partial charge in [0.05, 0.1) is 0 Å². The number of anilines is 1. The van der Waals surface area contributed by atoms with Crippen LogP contribution in [0.4, 0.5) is 5.69 Å². The van der Waals surface area contributed by atoms with Gasteiger partial charge >= 0.3 is 0 Å². The van der Waals surface area contributed by atoms with E-state index in [2.05, 4.69) is 29.4 Å². The first kappa shape index (κ1) is 17.2. The van der Waals surface area contributed by atoms with Crippen LogP contribution in [0.1, 0.15) is 16.8 Å². The maximum atomic E-state index is 9.49. The molecule has 0 aliphatic carbocycles. The summed E-state index contributed by atoms with van der Waals surface area (Å²) in [5.41, 5.74) is 6.81. The van der Waals surface area contributed by atoms with Gasteiger partial charge in [-0.05, 0) is 47.9 Å². The van der Waals surface area contributed by atoms with Crippen LogP contribution in [0.2, 0.25) is 5.02 Å². The zero-order chi connectivity index (χ0) is 18.8. The fourth-order valence-electron chi connectivity index (χ4n) is 3.36. The van der Waals surface area contributed by atoms with Crippen molar-refractivity contribution in [1.82, 2.24) is 4.98 Å². The van der Waals surface area contributed by atoms with Gasteiger partial charge in [-0.1, -0.05) is 54.1 Å². The molecular formula is C23H18ClN3. The predicted molar refractivity (Wildman–Crippen MR) is 112 cm³/mol. The summed E-state index contributed by atoms with van der Waals surface area (Å²) in [5, 5.41) is 14.7. The minimum Gasteiger partial charge on any atom is -0.381 e. The molecule has 0 bridgehead atoms. The number of nitrogens with zero attached hydrogens (tertiary/aromatic N) is 1. The van der Waals surface area contributed by atoms with Crippen molar-refractivity contribution >= 4 is 28.2 Å². The Hall–Kier alpha value is -3.22. The second kappa shape index (κ2) is 7.19. The Bertz CT molecular complexity index is 1130. The van der Waals surface area contributed by atoms with Crippen LogP contribution in [-0.4, -0.2) is 4.98 Å². The third-order valence-corrected chi connectivity index (χ3v) is 5.17. The molecule has 27 heavy (non-hydrogen) atoms. The predicted octanol–water partition coefficient (Wildman–Crippen LogP) is 6.28. The number of nitriles is 1. The number of hydrogen-bond acceptors (Lipinski definition) is 2. The zero-order valence-electron chi connectivity index (χ0n) is 14.9. The van der Waals surface area contributed by atoms with Gasteiger partial charge in [-0.15, -0.1) is 0 Å². The van der Waals surface area contributed by atoms with Crippen molar-refractivity contribution in [3.8, 4) is 17.2 Å². The Kier molecular flexibility index (Phi) is 4.58. The lowest BCUT2D eigenvalue weighted by atomic mass is 10.0. The number of hydrogen-bond donors (Lipinski definition) is 2. The van der Waals surface area contributed by atoms with Gasteiger partial charge in [0.15, 0.2) is 0 Å². The molecule has 3 aromatic carbocycles. The van der Waals surface area contributed by atoms with Crippen LogP contribution in [0.5, 0.6) is 0 Å². The number of nitrogens with one attached hydrogen (secondary N) is 2. The Morgan fingerprint density at radius 1 is 1.00 bits per heavy atom. The summed E-state index contributed by atoms with van der Waals surface area (Å²) in [6, 6.07) is 24.3. The SMILES string of the molecule is Cc1cccc(Cl)c1CNc1ccc(-c2c(C#N)[nH]c3ccccc23)cc1. The maximum Gasteiger partial charge on any atom is 0.126 e. The number of aromatic amines is 1. The van der Waals surface area contributed by atoms with Gasteiger partial charge in [0.1, 0.15) is 11.8 Å². The molecule has 2 N–H and O–H groups in total. The largest absolute Gasteiger partial charge is 0.381 e. The van der Waals surface area contributed by atoms with E-state index in [1.54, 1.807) is 0 Å². The molecular weight excluding hydrogens is 354 g/mol. The lowest BCUT2D eigenvalue weighted by Crippen LogP contribution is -2.02. The Morgan fingerprint density at radius 3 is 2.52 bits per heavy atom. The van der Waals surface area contributed by atoms with Crippen LogP contribution in [0.3, 0.4) is 0 Å². The van der Waals surface area contributed by atoms with Crippen molar-refractivity contribution < 1.29 is 0 Å². The molecule has 4 rings (SSSR count). The topological polar surface area (TPSA) is 51.6 Å². The first-order valence-electron chi connectivity index (χ1n) is 8.76. The van der Waals surface area contributed by atoms with Crippen molar-refractivity contribution in [2.24, 2.45) is 0 Å². The first-order chi connectivity index (χ1) is 13.2. The molecule has 132 valence electrons. The summed E-state index contributed by atoms with van der Waals surface area (Å²) in [6.45, 7) is 2.73. The monoisotopic (exact) mass is 371 g/mol. The normalized spacial score (nSPS) is 10.7. The number of para-hydroxylation sites is 1. The van der Waals surface area contributed by atoms with E-state index in [1.165, 1.54) is 5.56 Å². The summed E-state index contributed by atoms with van der Waals surface area (Å²) in [6.07, 6.45) is 0. The molecule has 0 unspecified atom stereocenters. The minimum atomic E-state index is 0.587. The van der Waals surface area contributed by atoms with Crippen molar-refractivity contribution in [2.45, 2.75) is 13.5 Å². The molecule has 0 spiro atoms. The molecule has 4 aromatic rings. The van der Waals surface area contributed by atoms with Crippen LogP contribution in [0.25, 0.3) is 22.0 Å². The third-order valence-electron chi connectivity index (χ3n) is 4.81. The molecule has 0 aliphatic heterocycles. The number of halogens is 1. The van der Waals surface area contributed by atoms with Crippen LogP contribution in [0.15, 0.2) is 66.7 Å². The molecule has 0 amide bonds. The zero-order valence-corrected chi connectivity index (χ0v) is 15.6. The highest BCUT2D eigenvalue weighted by Gasteiger charge is 2.13. The van der Waals surface area contributed by atoms with Gasteiger partial charge in [0, 0.05) is 33.7 Å². The number of aromatic nitrogens is 1. The molecule has 1 heterocycles. The van der Waals surface area contributed by atoms with Gasteiger partial charge < -0.3 is 10.3 Å². The fourth-order valence-corrected chi connectivity index (χ4v) is 3.65. The van der Waals surface area contributed by atoms with E-state index in [0.717, 1.165) is 38.3 Å². The second-order valence-corrected chi connectivity index (χ2v) is 6.91. The standard InChI is InChI=1S/C23H18ClN3/c1-15-5-4-7-20(24)19(15)14-26-17-11-9-16(10-12-17)23-18-6-2-3-8-21(18)27-22(23)13-25/h2-12,26-27H,14H2,1H3. The highest BCUT2D eigenvalue weighted by atomic mass is 35.5. The van der Waals surface area contributed by atoms with Gasteiger partial charge in [0.2, 0.25) is 0 Å². The lowest BCUT2D eigenvalue weighted by molar-refractivity contribution is 1.12. The molecule has 0 saturated heterocycles. The Morgan fingerprint density at radius 2 is 1.78 bits per heavy atom. The van der Waals surface area contributed by atoms with Gasteiger partial charge in [-0.25, -0.2) is 0 Å². The van der Waals surface area contributed by atoms with Crippen molar-refractivity contribution in [1.29, 1.82) is 5.26 Å². The van der Waals surface area contributed by atoms with Crippen LogP contribution in [-0.2, 0) is 6.54 Å². The lowest BCUT2D eigenvalue weighted by Gasteiger charge is -2.11. The van der Waals surface area contributed by atoms with E-state index >= 15 is 0 Å². The number of fused-ring (bicyclic) bond motifs is 1. The number of H-pyrrole nitrogens is 1. The summed E-state index contributed by atoms with van der Waals surface area (Å²) in [4.78, 5) is 3.19. The van der Waals surface area contributed by atoms with Crippen LogP contribution < -0.4 is 5.32 Å². The molecule has 0 fully saturated rings. The summed E-state index contributed by atoms with van der Waals surface area (Å²) in [5.74, 6) is 0. The molecule has 0 saturated carbocycles. The average molecular weight is 372 g/mol. The minimum absolute atomic E-state index is 0.587. The highest BCUT2D eigenvalue weighted by molar-refractivity contribution is 6.31. The van der Waals surface area contributed by atoms with E-state index in [-0.39, 0.29) is 0 Å². The quantitative estimate of drug-likeness (QED) is 0.443. The third kappa shape index (κ3) is 3.28. The molecule has 0 atom stereocenters. The van der Waals surface area contributed by atoms with Crippen molar-refractivity contribution in [3.05, 3.63) is 88.6 Å². The van der Waals surface area contributed by atoms with E-state index in [9.17, 15) is 5.26 Å². The second-order valence-electron chi connectivity index (χ2n) is 6.50. The summed E-state index contributed by atoms with van der Waals surface area (Å²) in [7, 11) is 0. The van der Waals surface area contributed by atoms with E-state index in [1.807, 2.05) is 60.7 Å². The molecule has 0 radical (unpaired) electrons. The smallest absolute Gasteiger partial charge is 0.126 e. The average Bonchev–Trinajstić information content (AvgIpc) is 3.07. The maximum absolute atomic E-state index is 9.49. The van der Waals surface area contributed by atoms with Gasteiger partial charge in [0.25, 0.3) is 0 Å². The summed E-state index contributed by atoms with van der Waals surface area (Å²) < 4.78 is 0. The van der Waals surface area contributed by atoms with Gasteiger partial charge in [-0.2, -0.15) is 5.26 Å². The first-order valence-corrected chi connectivity index (χ1v) is 9.14. The number of benzene rings is 3. The highest BCUT2D eigenvalue weighted by Crippen LogP contribution is 2.32. The fraction of sp³-hybridized carbons (Fsp3) is 0.0870. The van der Waals surface area contributed by atoms with Crippen LogP contribution >= 0.6 is 11.6 Å². The Labute approximate surface area is 163 Å². The van der Waals surface area contributed by atoms with Crippen molar-refractivity contribution in [3.63, 3.8) is 0 Å². The Balaban J connectivity index is 1.61. The van der Waals surface area contributed by atoms with E-state index in [0.29, 0.717) is 12.2 Å². The number of aryl methyl sites for hydroxylation is 1. The summed E-state index contributed by atoms with van der Waals surface area (Å²) >= 11 is 6.30. The molecule has 3 nitrogen and oxygen atoms in total. The van der Waals surface area contributed by atoms with Crippen molar-refractivity contribution in [2.75, 3.05) is 5.32 Å². The molecule has 1 aromatic heterocycles. The molecule has 0 aliphatic rings. The molecule has 4 heteroatoms. The number of rotatable bonds is 4. The van der Waals surface area contributed by atoms with Gasteiger partial charge in [-0.3, -0.25) is 0 Å².